The third-order valence-electron chi connectivity index (χ3n) is 4.29. The van der Waals surface area contributed by atoms with E-state index in [0.717, 1.165) is 43.4 Å². The Morgan fingerprint density at radius 3 is 2.81 bits per heavy atom. The van der Waals surface area contributed by atoms with Crippen molar-refractivity contribution in [2.45, 2.75) is 33.6 Å². The Morgan fingerprint density at radius 1 is 1.22 bits per heavy atom. The Labute approximate surface area is 182 Å². The van der Waals surface area contributed by atoms with Crippen LogP contribution in [0.1, 0.15) is 27.9 Å². The molecule has 0 unspecified atom stereocenters. The summed E-state index contributed by atoms with van der Waals surface area (Å²) in [5.41, 5.74) is 3.87. The first-order valence-corrected chi connectivity index (χ1v) is 9.98. The lowest BCUT2D eigenvalue weighted by molar-refractivity contribution is 0.798. The lowest BCUT2D eigenvalue weighted by Crippen LogP contribution is -2.38. The van der Waals surface area contributed by atoms with Crippen molar-refractivity contribution >= 4 is 52.2 Å². The molecule has 2 heterocycles. The zero-order chi connectivity index (χ0) is 18.4. The summed E-state index contributed by atoms with van der Waals surface area (Å²) in [5.74, 6) is 0.873. The molecule has 2 aromatic heterocycles. The molecule has 7 heteroatoms. The van der Waals surface area contributed by atoms with Crippen LogP contribution in [0.25, 0.3) is 10.9 Å². The van der Waals surface area contributed by atoms with Crippen molar-refractivity contribution in [1.29, 1.82) is 0 Å². The molecule has 0 fully saturated rings. The molecule has 0 aliphatic heterocycles. The topological polar surface area (TPSA) is 65.1 Å². The van der Waals surface area contributed by atoms with Crippen molar-refractivity contribution in [3.05, 3.63) is 51.6 Å². The fourth-order valence-corrected chi connectivity index (χ4v) is 3.86. The highest BCUT2D eigenvalue weighted by Crippen LogP contribution is 2.22. The van der Waals surface area contributed by atoms with Crippen LogP contribution in [0.5, 0.6) is 0 Å². The Hall–Kier alpha value is -1.61. The second-order valence-corrected chi connectivity index (χ2v) is 7.68. The molecule has 0 saturated carbocycles. The summed E-state index contributed by atoms with van der Waals surface area (Å²) in [5, 5.41) is 9.25. The highest BCUT2D eigenvalue weighted by molar-refractivity contribution is 14.0. The highest BCUT2D eigenvalue weighted by atomic mass is 127. The van der Waals surface area contributed by atoms with Gasteiger partial charge in [0.2, 0.25) is 0 Å². The van der Waals surface area contributed by atoms with Gasteiger partial charge < -0.3 is 15.6 Å². The van der Waals surface area contributed by atoms with Gasteiger partial charge in [0.1, 0.15) is 0 Å². The molecule has 3 aromatic rings. The minimum Gasteiger partial charge on any atom is -0.361 e. The first-order chi connectivity index (χ1) is 12.7. The average Bonchev–Trinajstić information content (AvgIpc) is 3.22. The molecule has 0 radical (unpaired) electrons. The van der Waals surface area contributed by atoms with E-state index in [4.69, 9.17) is 0 Å². The summed E-state index contributed by atoms with van der Waals surface area (Å²) in [4.78, 5) is 13.7. The van der Waals surface area contributed by atoms with E-state index in [0.29, 0.717) is 0 Å². The van der Waals surface area contributed by atoms with E-state index in [1.54, 1.807) is 11.3 Å². The van der Waals surface area contributed by atoms with E-state index >= 15 is 0 Å². The molecule has 0 bridgehead atoms. The number of thiazole rings is 1. The first-order valence-electron chi connectivity index (χ1n) is 9.16. The zero-order valence-corrected chi connectivity index (χ0v) is 19.3. The maximum atomic E-state index is 4.67. The number of aromatic nitrogens is 2. The van der Waals surface area contributed by atoms with Crippen LogP contribution < -0.4 is 10.6 Å². The van der Waals surface area contributed by atoms with E-state index in [2.05, 4.69) is 70.8 Å². The maximum absolute atomic E-state index is 4.67. The third-order valence-corrected chi connectivity index (χ3v) is 5.26. The standard InChI is InChI=1S/C20H27N5S.HI/c1-4-21-20(23-11-9-18-25-12-15(3)26-18)22-10-8-16-13-24-17-7-5-6-14(2)19(16)17;/h5-7,12-13,24H,4,8-11H2,1-3H3,(H2,21,22,23);1H. The van der Waals surface area contributed by atoms with Gasteiger partial charge in [0, 0.05) is 54.2 Å². The Morgan fingerprint density at radius 2 is 2.07 bits per heavy atom. The van der Waals surface area contributed by atoms with Crippen LogP contribution in [0.3, 0.4) is 0 Å². The minimum absolute atomic E-state index is 0. The molecule has 5 nitrogen and oxygen atoms in total. The molecule has 0 aliphatic rings. The molecule has 0 aliphatic carbocycles. The normalized spacial score (nSPS) is 11.4. The molecule has 27 heavy (non-hydrogen) atoms. The SMILES string of the molecule is CCNC(=NCCc1ncc(C)s1)NCCc1c[nH]c2cccc(C)c12.I. The Bertz CT molecular complexity index is 884. The van der Waals surface area contributed by atoms with Crippen LogP contribution in [-0.4, -0.2) is 35.6 Å². The van der Waals surface area contributed by atoms with E-state index in [1.165, 1.54) is 26.9 Å². The van der Waals surface area contributed by atoms with Gasteiger partial charge in [-0.3, -0.25) is 4.99 Å². The summed E-state index contributed by atoms with van der Waals surface area (Å²) in [6.45, 7) is 8.79. The number of aryl methyl sites for hydroxylation is 2. The van der Waals surface area contributed by atoms with Crippen molar-refractivity contribution in [3.63, 3.8) is 0 Å². The largest absolute Gasteiger partial charge is 0.361 e. The van der Waals surface area contributed by atoms with Gasteiger partial charge in [-0.05, 0) is 44.4 Å². The fourth-order valence-electron chi connectivity index (χ4n) is 3.09. The van der Waals surface area contributed by atoms with E-state index in [9.17, 15) is 0 Å². The van der Waals surface area contributed by atoms with Crippen molar-refractivity contribution < 1.29 is 0 Å². The monoisotopic (exact) mass is 497 g/mol. The van der Waals surface area contributed by atoms with Crippen LogP contribution in [0.15, 0.2) is 35.6 Å². The highest BCUT2D eigenvalue weighted by Gasteiger charge is 2.06. The number of hydrogen-bond donors (Lipinski definition) is 3. The molecular formula is C20H28IN5S. The van der Waals surface area contributed by atoms with Crippen LogP contribution >= 0.6 is 35.3 Å². The van der Waals surface area contributed by atoms with Crippen molar-refractivity contribution in [2.75, 3.05) is 19.6 Å². The van der Waals surface area contributed by atoms with Crippen LogP contribution in [0.2, 0.25) is 0 Å². The zero-order valence-electron chi connectivity index (χ0n) is 16.1. The minimum atomic E-state index is 0. The first kappa shape index (κ1) is 21.7. The summed E-state index contributed by atoms with van der Waals surface area (Å²) in [7, 11) is 0. The number of rotatable bonds is 7. The predicted octanol–water partition coefficient (Wildman–Crippen LogP) is 4.20. The third kappa shape index (κ3) is 5.93. The van der Waals surface area contributed by atoms with Gasteiger partial charge in [0.05, 0.1) is 5.01 Å². The van der Waals surface area contributed by atoms with Gasteiger partial charge in [-0.2, -0.15) is 0 Å². The fraction of sp³-hybridized carbons (Fsp3) is 0.400. The number of aromatic amines is 1. The number of nitrogens with one attached hydrogen (secondary N) is 3. The number of hydrogen-bond acceptors (Lipinski definition) is 3. The van der Waals surface area contributed by atoms with Crippen LogP contribution in [0.4, 0.5) is 0 Å². The molecule has 1 aromatic carbocycles. The lowest BCUT2D eigenvalue weighted by atomic mass is 10.1. The summed E-state index contributed by atoms with van der Waals surface area (Å²) >= 11 is 1.75. The average molecular weight is 497 g/mol. The quantitative estimate of drug-likeness (QED) is 0.261. The molecule has 146 valence electrons. The van der Waals surface area contributed by atoms with Gasteiger partial charge in [-0.1, -0.05) is 12.1 Å². The number of guanidine groups is 1. The molecule has 0 amide bonds. The molecule has 0 saturated heterocycles. The maximum Gasteiger partial charge on any atom is 0.191 e. The van der Waals surface area contributed by atoms with E-state index < -0.39 is 0 Å². The predicted molar refractivity (Wildman–Crippen MR) is 127 cm³/mol. The number of H-pyrrole nitrogens is 1. The van der Waals surface area contributed by atoms with Crippen molar-refractivity contribution in [1.82, 2.24) is 20.6 Å². The molecular weight excluding hydrogens is 469 g/mol. The number of nitrogens with zero attached hydrogens (tertiary/aromatic N) is 2. The van der Waals surface area contributed by atoms with Crippen molar-refractivity contribution in [2.24, 2.45) is 4.99 Å². The second kappa shape index (κ2) is 10.7. The summed E-state index contributed by atoms with van der Waals surface area (Å²) in [6.07, 6.45) is 5.89. The molecule has 0 atom stereocenters. The van der Waals surface area contributed by atoms with Gasteiger partial charge in [-0.25, -0.2) is 4.98 Å². The van der Waals surface area contributed by atoms with Gasteiger partial charge in [0.25, 0.3) is 0 Å². The number of aliphatic imine (C=N–C) groups is 1. The Kier molecular flexibility index (Phi) is 8.56. The molecule has 3 rings (SSSR count). The number of halogens is 1. The van der Waals surface area contributed by atoms with Gasteiger partial charge in [0.15, 0.2) is 5.96 Å². The molecule has 3 N–H and O–H groups in total. The number of benzene rings is 1. The van der Waals surface area contributed by atoms with Gasteiger partial charge in [-0.15, -0.1) is 35.3 Å². The number of fused-ring (bicyclic) bond motifs is 1. The lowest BCUT2D eigenvalue weighted by Gasteiger charge is -2.11. The van der Waals surface area contributed by atoms with Crippen molar-refractivity contribution in [3.8, 4) is 0 Å². The summed E-state index contributed by atoms with van der Waals surface area (Å²) < 4.78 is 0. The second-order valence-electron chi connectivity index (χ2n) is 6.36. The van der Waals surface area contributed by atoms with Gasteiger partial charge >= 0.3 is 0 Å². The van der Waals surface area contributed by atoms with E-state index in [-0.39, 0.29) is 24.0 Å². The molecule has 0 spiro atoms. The Balaban J connectivity index is 0.00000261. The summed E-state index contributed by atoms with van der Waals surface area (Å²) in [6, 6.07) is 6.39. The van der Waals surface area contributed by atoms with Crippen LogP contribution in [0, 0.1) is 13.8 Å². The van der Waals surface area contributed by atoms with E-state index in [1.807, 2.05) is 6.20 Å². The smallest absolute Gasteiger partial charge is 0.191 e. The van der Waals surface area contributed by atoms with Crippen LogP contribution in [-0.2, 0) is 12.8 Å².